The molecule has 0 unspecified atom stereocenters. The summed E-state index contributed by atoms with van der Waals surface area (Å²) in [6, 6.07) is 0. The molecular formula is C9H16F3NO2. The molecule has 0 radical (unpaired) electrons. The Balaban J connectivity index is 2.02. The van der Waals surface area contributed by atoms with Gasteiger partial charge in [0.15, 0.2) is 0 Å². The van der Waals surface area contributed by atoms with Crippen LogP contribution in [0.4, 0.5) is 13.2 Å². The van der Waals surface area contributed by atoms with Crippen LogP contribution >= 0.6 is 0 Å². The molecule has 0 spiro atoms. The van der Waals surface area contributed by atoms with Gasteiger partial charge in [-0.3, -0.25) is 4.74 Å². The van der Waals surface area contributed by atoms with Crippen LogP contribution in [-0.2, 0) is 4.74 Å². The minimum absolute atomic E-state index is 0.0990. The zero-order valence-electron chi connectivity index (χ0n) is 8.44. The fourth-order valence-electron chi connectivity index (χ4n) is 1.77. The van der Waals surface area contributed by atoms with Crippen molar-refractivity contribution >= 4 is 0 Å². The lowest BCUT2D eigenvalue weighted by Crippen LogP contribution is -2.39. The maximum atomic E-state index is 11.6. The number of rotatable bonds is 5. The van der Waals surface area contributed by atoms with Crippen LogP contribution in [0.15, 0.2) is 0 Å². The van der Waals surface area contributed by atoms with Crippen LogP contribution in [0.5, 0.6) is 0 Å². The average molecular weight is 227 g/mol. The third-order valence-electron chi connectivity index (χ3n) is 2.53. The molecule has 0 amide bonds. The Kier molecular flexibility index (Phi) is 4.36. The van der Waals surface area contributed by atoms with Crippen molar-refractivity contribution < 1.29 is 23.0 Å². The standard InChI is InChI=1S/C9H16F3NO2/c10-9(11,12)15-6-5-13-7-8(14)3-1-2-4-8/h13-14H,1-7H2. The molecule has 0 bridgehead atoms. The van der Waals surface area contributed by atoms with E-state index in [1.54, 1.807) is 0 Å². The molecule has 6 heteroatoms. The number of hydrogen-bond donors (Lipinski definition) is 2. The molecule has 1 aliphatic carbocycles. The SMILES string of the molecule is OC1(CNCCOC(F)(F)F)CCCC1. The Bertz CT molecular complexity index is 190. The highest BCUT2D eigenvalue weighted by molar-refractivity contribution is 4.85. The molecule has 2 N–H and O–H groups in total. The summed E-state index contributed by atoms with van der Waals surface area (Å²) in [5, 5.41) is 12.6. The summed E-state index contributed by atoms with van der Waals surface area (Å²) < 4.78 is 38.3. The van der Waals surface area contributed by atoms with Crippen LogP contribution in [0.25, 0.3) is 0 Å². The van der Waals surface area contributed by atoms with Crippen molar-refractivity contribution in [2.45, 2.75) is 37.6 Å². The lowest BCUT2D eigenvalue weighted by molar-refractivity contribution is -0.323. The van der Waals surface area contributed by atoms with Crippen molar-refractivity contribution in [1.29, 1.82) is 0 Å². The van der Waals surface area contributed by atoms with Gasteiger partial charge in [-0.15, -0.1) is 13.2 Å². The Morgan fingerprint density at radius 3 is 2.40 bits per heavy atom. The summed E-state index contributed by atoms with van der Waals surface area (Å²) in [6.07, 6.45) is -1.15. The molecule has 3 nitrogen and oxygen atoms in total. The minimum atomic E-state index is -4.56. The van der Waals surface area contributed by atoms with Gasteiger partial charge in [0.2, 0.25) is 0 Å². The number of aliphatic hydroxyl groups is 1. The molecule has 90 valence electrons. The topological polar surface area (TPSA) is 41.5 Å². The van der Waals surface area contributed by atoms with E-state index in [0.717, 1.165) is 25.7 Å². The quantitative estimate of drug-likeness (QED) is 0.698. The van der Waals surface area contributed by atoms with E-state index >= 15 is 0 Å². The zero-order chi connectivity index (χ0) is 11.4. The van der Waals surface area contributed by atoms with Gasteiger partial charge in [-0.05, 0) is 12.8 Å². The van der Waals surface area contributed by atoms with Crippen molar-refractivity contribution in [3.8, 4) is 0 Å². The number of alkyl halides is 3. The summed E-state index contributed by atoms with van der Waals surface area (Å²) in [5.41, 5.74) is -0.724. The second-order valence-electron chi connectivity index (χ2n) is 3.90. The van der Waals surface area contributed by atoms with Crippen molar-refractivity contribution in [2.24, 2.45) is 0 Å². The molecule has 0 aromatic carbocycles. The lowest BCUT2D eigenvalue weighted by atomic mass is 10.0. The molecule has 1 aliphatic rings. The monoisotopic (exact) mass is 227 g/mol. The van der Waals surface area contributed by atoms with E-state index in [0.29, 0.717) is 6.54 Å². The zero-order valence-corrected chi connectivity index (χ0v) is 8.44. The normalized spacial score (nSPS) is 20.8. The first-order valence-corrected chi connectivity index (χ1v) is 5.05. The third kappa shape index (κ3) is 5.34. The van der Waals surface area contributed by atoms with E-state index in [1.165, 1.54) is 0 Å². The molecule has 0 aliphatic heterocycles. The highest BCUT2D eigenvalue weighted by Gasteiger charge is 2.31. The molecule has 0 atom stereocenters. The minimum Gasteiger partial charge on any atom is -0.389 e. The third-order valence-corrected chi connectivity index (χ3v) is 2.53. The van der Waals surface area contributed by atoms with Crippen LogP contribution in [-0.4, -0.2) is 36.8 Å². The van der Waals surface area contributed by atoms with Crippen molar-refractivity contribution in [3.05, 3.63) is 0 Å². The van der Waals surface area contributed by atoms with Crippen LogP contribution in [0.2, 0.25) is 0 Å². The van der Waals surface area contributed by atoms with E-state index in [-0.39, 0.29) is 6.54 Å². The van der Waals surface area contributed by atoms with Crippen molar-refractivity contribution in [3.63, 3.8) is 0 Å². The van der Waals surface area contributed by atoms with E-state index in [4.69, 9.17) is 0 Å². The first-order chi connectivity index (χ1) is 6.91. The number of ether oxygens (including phenoxy) is 1. The lowest BCUT2D eigenvalue weighted by Gasteiger charge is -2.22. The van der Waals surface area contributed by atoms with E-state index < -0.39 is 18.6 Å². The van der Waals surface area contributed by atoms with Gasteiger partial charge in [0.1, 0.15) is 0 Å². The Morgan fingerprint density at radius 1 is 1.27 bits per heavy atom. The van der Waals surface area contributed by atoms with Crippen LogP contribution < -0.4 is 5.32 Å². The van der Waals surface area contributed by atoms with Crippen LogP contribution in [0.1, 0.15) is 25.7 Å². The molecule has 15 heavy (non-hydrogen) atoms. The Hall–Kier alpha value is -0.330. The maximum absolute atomic E-state index is 11.6. The van der Waals surface area contributed by atoms with Crippen LogP contribution in [0.3, 0.4) is 0 Å². The van der Waals surface area contributed by atoms with Gasteiger partial charge in [0, 0.05) is 13.1 Å². The van der Waals surface area contributed by atoms with E-state index in [9.17, 15) is 18.3 Å². The van der Waals surface area contributed by atoms with Gasteiger partial charge in [-0.2, -0.15) is 0 Å². The molecule has 0 aromatic rings. The van der Waals surface area contributed by atoms with Crippen LogP contribution in [0, 0.1) is 0 Å². The predicted molar refractivity (Wildman–Crippen MR) is 48.3 cm³/mol. The summed E-state index contributed by atoms with van der Waals surface area (Å²) in [6.45, 7) is 0.0234. The molecule has 0 aromatic heterocycles. The van der Waals surface area contributed by atoms with Crippen molar-refractivity contribution in [1.82, 2.24) is 5.32 Å². The number of nitrogens with one attached hydrogen (secondary N) is 1. The van der Waals surface area contributed by atoms with Gasteiger partial charge in [-0.25, -0.2) is 0 Å². The number of halogens is 3. The summed E-state index contributed by atoms with van der Waals surface area (Å²) in [7, 11) is 0. The molecule has 1 saturated carbocycles. The largest absolute Gasteiger partial charge is 0.522 e. The van der Waals surface area contributed by atoms with E-state index in [1.807, 2.05) is 0 Å². The summed E-state index contributed by atoms with van der Waals surface area (Å²) >= 11 is 0. The second-order valence-corrected chi connectivity index (χ2v) is 3.90. The van der Waals surface area contributed by atoms with E-state index in [2.05, 4.69) is 10.1 Å². The molecule has 0 saturated heterocycles. The smallest absolute Gasteiger partial charge is 0.389 e. The maximum Gasteiger partial charge on any atom is 0.522 e. The van der Waals surface area contributed by atoms with Gasteiger partial charge >= 0.3 is 6.36 Å². The fraction of sp³-hybridized carbons (Fsp3) is 1.00. The van der Waals surface area contributed by atoms with Gasteiger partial charge < -0.3 is 10.4 Å². The highest BCUT2D eigenvalue weighted by Crippen LogP contribution is 2.28. The molecule has 1 fully saturated rings. The van der Waals surface area contributed by atoms with Gasteiger partial charge in [0.25, 0.3) is 0 Å². The van der Waals surface area contributed by atoms with Gasteiger partial charge in [0.05, 0.1) is 12.2 Å². The average Bonchev–Trinajstić information content (AvgIpc) is 2.50. The predicted octanol–water partition coefficient (Wildman–Crippen LogP) is 1.42. The first-order valence-electron chi connectivity index (χ1n) is 5.05. The van der Waals surface area contributed by atoms with Gasteiger partial charge in [-0.1, -0.05) is 12.8 Å². The summed E-state index contributed by atoms with van der Waals surface area (Å²) in [4.78, 5) is 0. The molecule has 1 rings (SSSR count). The molecular weight excluding hydrogens is 211 g/mol. The fourth-order valence-corrected chi connectivity index (χ4v) is 1.77. The Morgan fingerprint density at radius 2 is 1.87 bits per heavy atom. The first kappa shape index (κ1) is 12.7. The second kappa shape index (κ2) is 5.14. The highest BCUT2D eigenvalue weighted by atomic mass is 19.4. The Labute approximate surface area is 86.6 Å². The summed E-state index contributed by atoms with van der Waals surface area (Å²) in [5.74, 6) is 0. The van der Waals surface area contributed by atoms with Crippen molar-refractivity contribution in [2.75, 3.05) is 19.7 Å². The number of hydrogen-bond acceptors (Lipinski definition) is 3. The molecule has 0 heterocycles.